The molecule has 154 valence electrons. The van der Waals surface area contributed by atoms with Gasteiger partial charge in [0, 0.05) is 16.7 Å². The highest BCUT2D eigenvalue weighted by Gasteiger charge is 2.09. The fourth-order valence-electron chi connectivity index (χ4n) is 2.56. The van der Waals surface area contributed by atoms with Crippen LogP contribution in [0.3, 0.4) is 0 Å². The van der Waals surface area contributed by atoms with E-state index in [-0.39, 0.29) is 0 Å². The Bertz CT molecular complexity index is 1030. The summed E-state index contributed by atoms with van der Waals surface area (Å²) < 4.78 is 5.47. The van der Waals surface area contributed by atoms with Crippen molar-refractivity contribution < 1.29 is 14.6 Å². The van der Waals surface area contributed by atoms with Gasteiger partial charge < -0.3 is 9.84 Å². The highest BCUT2D eigenvalue weighted by molar-refractivity contribution is 7.98. The standard InChI is InChI=1S/C17H15Cl2NO3S.C6H4/c1-2-23-15-8-6-11(20-14(15)7-9-16(21)22)10-24-17-12(18)4-3-5-13(17)19;1-2-6-4-3-5(1)6/h3-9H,2,10H2,1H3,(H,21,22);1-4H. The monoisotopic (exact) mass is 459 g/mol. The summed E-state index contributed by atoms with van der Waals surface area (Å²) in [5, 5.41) is 9.96. The molecule has 1 heterocycles. The first-order valence-electron chi connectivity index (χ1n) is 9.19. The van der Waals surface area contributed by atoms with Crippen molar-refractivity contribution in [3.8, 4) is 16.9 Å². The van der Waals surface area contributed by atoms with Crippen LogP contribution >= 0.6 is 35.0 Å². The zero-order valence-corrected chi connectivity index (χ0v) is 18.5. The van der Waals surface area contributed by atoms with Gasteiger partial charge >= 0.3 is 5.97 Å². The van der Waals surface area contributed by atoms with Crippen LogP contribution in [-0.2, 0) is 10.5 Å². The third kappa shape index (κ3) is 5.79. The molecule has 2 aromatic rings. The number of ether oxygens (including phenoxy) is 1. The van der Waals surface area contributed by atoms with E-state index in [1.807, 2.05) is 13.0 Å². The molecule has 1 aromatic heterocycles. The molecule has 1 aromatic carbocycles. The SMILES string of the molecule is CCOc1ccc(CSc2c(Cl)cccc2Cl)nc1C=CC(=O)O.c1cc2ccc1-2. The van der Waals surface area contributed by atoms with Crippen LogP contribution in [0, 0.1) is 0 Å². The van der Waals surface area contributed by atoms with Gasteiger partial charge in [0.1, 0.15) is 11.4 Å². The molecule has 2 aliphatic carbocycles. The van der Waals surface area contributed by atoms with Gasteiger partial charge in [-0.3, -0.25) is 0 Å². The molecule has 1 N–H and O–H groups in total. The summed E-state index contributed by atoms with van der Waals surface area (Å²) in [6, 6.07) is 17.4. The van der Waals surface area contributed by atoms with Crippen LogP contribution in [0.4, 0.5) is 0 Å². The molecular formula is C23H19Cl2NO3S. The molecule has 0 saturated heterocycles. The van der Waals surface area contributed by atoms with Crippen LogP contribution in [0.5, 0.6) is 5.75 Å². The van der Waals surface area contributed by atoms with Gasteiger partial charge in [0.2, 0.25) is 0 Å². The lowest BCUT2D eigenvalue weighted by Crippen LogP contribution is -1.99. The first kappa shape index (κ1) is 22.2. The van der Waals surface area contributed by atoms with Gasteiger partial charge in [0.05, 0.1) is 22.3 Å². The fraction of sp³-hybridized carbons (Fsp3) is 0.130. The lowest BCUT2D eigenvalue weighted by molar-refractivity contribution is -0.131. The molecule has 4 nitrogen and oxygen atoms in total. The average Bonchev–Trinajstić information content (AvgIpc) is 2.70. The lowest BCUT2D eigenvalue weighted by atomic mass is 9.95. The van der Waals surface area contributed by atoms with E-state index in [1.54, 1.807) is 24.3 Å². The summed E-state index contributed by atoms with van der Waals surface area (Å²) >= 11 is 13.8. The maximum Gasteiger partial charge on any atom is 0.328 e. The molecule has 0 fully saturated rings. The molecule has 2 aliphatic rings. The second-order valence-electron chi connectivity index (χ2n) is 6.21. The van der Waals surface area contributed by atoms with E-state index in [0.29, 0.717) is 33.8 Å². The predicted octanol–water partition coefficient (Wildman–Crippen LogP) is 6.84. The number of carboxylic acid groups (broad SMARTS) is 1. The van der Waals surface area contributed by atoms with Crippen molar-refractivity contribution >= 4 is 47.0 Å². The molecular weight excluding hydrogens is 441 g/mol. The molecule has 4 rings (SSSR count). The number of benzene rings is 2. The van der Waals surface area contributed by atoms with Crippen molar-refractivity contribution in [1.82, 2.24) is 4.98 Å². The number of pyridine rings is 1. The number of aromatic nitrogens is 1. The van der Waals surface area contributed by atoms with Crippen LogP contribution in [0.25, 0.3) is 17.2 Å². The number of rotatable bonds is 7. The number of carboxylic acids is 1. The van der Waals surface area contributed by atoms with Gasteiger partial charge in [-0.2, -0.15) is 0 Å². The number of carbonyl (C=O) groups is 1. The Morgan fingerprint density at radius 1 is 1.07 bits per heavy atom. The summed E-state index contributed by atoms with van der Waals surface area (Å²) in [7, 11) is 0. The molecule has 30 heavy (non-hydrogen) atoms. The summed E-state index contributed by atoms with van der Waals surface area (Å²) in [5.41, 5.74) is 4.09. The number of halogens is 2. The number of aliphatic carboxylic acids is 1. The second kappa shape index (κ2) is 10.5. The number of nitrogens with zero attached hydrogens (tertiary/aromatic N) is 1. The minimum absolute atomic E-state index is 0.471. The van der Waals surface area contributed by atoms with Gasteiger partial charge in [-0.25, -0.2) is 9.78 Å². The average molecular weight is 460 g/mol. The first-order valence-corrected chi connectivity index (χ1v) is 10.9. The Labute approximate surface area is 189 Å². The van der Waals surface area contributed by atoms with Crippen LogP contribution in [0.2, 0.25) is 10.0 Å². The Morgan fingerprint density at radius 3 is 2.20 bits per heavy atom. The summed E-state index contributed by atoms with van der Waals surface area (Å²) in [6.45, 7) is 2.33. The van der Waals surface area contributed by atoms with Crippen molar-refractivity contribution in [3.05, 3.63) is 82.1 Å². The predicted molar refractivity (Wildman–Crippen MR) is 124 cm³/mol. The van der Waals surface area contributed by atoms with Gasteiger partial charge in [-0.1, -0.05) is 53.5 Å². The quantitative estimate of drug-likeness (QED) is 0.242. The Balaban J connectivity index is 0.000000357. The van der Waals surface area contributed by atoms with Crippen LogP contribution in [-0.4, -0.2) is 22.7 Å². The Morgan fingerprint density at radius 2 is 1.70 bits per heavy atom. The minimum Gasteiger partial charge on any atom is -0.492 e. The first-order chi connectivity index (χ1) is 14.5. The molecule has 0 atom stereocenters. The van der Waals surface area contributed by atoms with Crippen molar-refractivity contribution in [2.75, 3.05) is 6.61 Å². The van der Waals surface area contributed by atoms with E-state index >= 15 is 0 Å². The molecule has 0 amide bonds. The summed E-state index contributed by atoms with van der Waals surface area (Å²) in [5.74, 6) is 0.0467. The third-order valence-corrected chi connectivity index (χ3v) is 6.15. The molecule has 7 heteroatoms. The number of hydrogen-bond acceptors (Lipinski definition) is 4. The maximum atomic E-state index is 10.7. The van der Waals surface area contributed by atoms with E-state index in [0.717, 1.165) is 16.7 Å². The summed E-state index contributed by atoms with van der Waals surface area (Å²) in [4.78, 5) is 16.0. The van der Waals surface area contributed by atoms with Crippen molar-refractivity contribution in [3.63, 3.8) is 0 Å². The largest absolute Gasteiger partial charge is 0.492 e. The zero-order valence-electron chi connectivity index (χ0n) is 16.1. The zero-order chi connectivity index (χ0) is 21.5. The minimum atomic E-state index is -1.04. The van der Waals surface area contributed by atoms with Crippen LogP contribution in [0.15, 0.2) is 65.6 Å². The molecule has 0 bridgehead atoms. The Hall–Kier alpha value is -2.47. The smallest absolute Gasteiger partial charge is 0.328 e. The number of fused-ring (bicyclic) bond motifs is 1. The highest BCUT2D eigenvalue weighted by atomic mass is 35.5. The van der Waals surface area contributed by atoms with Crippen LogP contribution < -0.4 is 4.74 Å². The second-order valence-corrected chi connectivity index (χ2v) is 8.01. The van der Waals surface area contributed by atoms with E-state index in [1.165, 1.54) is 29.0 Å². The maximum absolute atomic E-state index is 10.7. The van der Waals surface area contributed by atoms with Crippen molar-refractivity contribution in [2.45, 2.75) is 17.6 Å². The van der Waals surface area contributed by atoms with E-state index in [9.17, 15) is 4.79 Å². The molecule has 0 aliphatic heterocycles. The van der Waals surface area contributed by atoms with Gasteiger partial charge in [0.25, 0.3) is 0 Å². The highest BCUT2D eigenvalue weighted by Crippen LogP contribution is 2.35. The van der Waals surface area contributed by atoms with E-state index < -0.39 is 5.97 Å². The van der Waals surface area contributed by atoms with Gasteiger partial charge in [-0.05, 0) is 48.4 Å². The molecule has 0 unspecified atom stereocenters. The topological polar surface area (TPSA) is 59.4 Å². The van der Waals surface area contributed by atoms with Crippen molar-refractivity contribution in [1.29, 1.82) is 0 Å². The molecule has 0 radical (unpaired) electrons. The normalized spacial score (nSPS) is 11.0. The summed E-state index contributed by atoms with van der Waals surface area (Å²) in [6.07, 6.45) is 2.46. The fourth-order valence-corrected chi connectivity index (χ4v) is 4.15. The van der Waals surface area contributed by atoms with E-state index in [2.05, 4.69) is 29.2 Å². The number of thioether (sulfide) groups is 1. The third-order valence-electron chi connectivity index (χ3n) is 4.13. The van der Waals surface area contributed by atoms with E-state index in [4.69, 9.17) is 33.0 Å². The molecule has 0 spiro atoms. The van der Waals surface area contributed by atoms with Gasteiger partial charge in [0.15, 0.2) is 0 Å². The van der Waals surface area contributed by atoms with Gasteiger partial charge in [-0.15, -0.1) is 11.8 Å². The Kier molecular flexibility index (Phi) is 7.80. The lowest BCUT2D eigenvalue weighted by Gasteiger charge is -2.10. The number of hydrogen-bond donors (Lipinski definition) is 1. The molecule has 0 saturated carbocycles. The van der Waals surface area contributed by atoms with Crippen LogP contribution in [0.1, 0.15) is 18.3 Å². The van der Waals surface area contributed by atoms with Crippen molar-refractivity contribution in [2.24, 2.45) is 0 Å².